The first kappa shape index (κ1) is 21.8. The molecule has 0 amide bonds. The number of allylic oxidation sites excluding steroid dienone is 2. The lowest BCUT2D eigenvalue weighted by Gasteiger charge is -2.38. The molecule has 160 valence electrons. The molecule has 0 spiro atoms. The van der Waals surface area contributed by atoms with E-state index in [1.54, 1.807) is 12.1 Å². The van der Waals surface area contributed by atoms with Crippen molar-refractivity contribution in [2.24, 2.45) is 11.3 Å². The number of unbranched alkanes of at least 4 members (excludes halogenated alkanes) is 1. The number of nitrogens with zero attached hydrogens (tertiary/aromatic N) is 3. The van der Waals surface area contributed by atoms with Crippen LogP contribution in [0.1, 0.15) is 65.4 Å². The topological polar surface area (TPSA) is 49.6 Å². The highest BCUT2D eigenvalue weighted by atomic mass is 16.6. The molecular formula is C24H37N3O2. The minimum absolute atomic E-state index is 0.196. The molecule has 1 saturated heterocycles. The van der Waals surface area contributed by atoms with E-state index in [-0.39, 0.29) is 10.6 Å². The maximum absolute atomic E-state index is 11.4. The summed E-state index contributed by atoms with van der Waals surface area (Å²) in [5.74, 6) is 0.704. The van der Waals surface area contributed by atoms with Crippen molar-refractivity contribution in [2.45, 2.75) is 59.8 Å². The molecule has 0 bridgehead atoms. The summed E-state index contributed by atoms with van der Waals surface area (Å²) in [4.78, 5) is 16.0. The van der Waals surface area contributed by atoms with E-state index in [0.29, 0.717) is 11.3 Å². The molecule has 0 radical (unpaired) electrons. The predicted octanol–water partition coefficient (Wildman–Crippen LogP) is 5.75. The Hall–Kier alpha value is -1.88. The molecule has 1 heterocycles. The van der Waals surface area contributed by atoms with E-state index in [1.165, 1.54) is 30.4 Å². The van der Waals surface area contributed by atoms with Crippen molar-refractivity contribution >= 4 is 16.9 Å². The fourth-order valence-corrected chi connectivity index (χ4v) is 4.63. The number of benzene rings is 1. The smallest absolute Gasteiger partial charge is 0.271 e. The average Bonchev–Trinajstić information content (AvgIpc) is 2.71. The lowest BCUT2D eigenvalue weighted by atomic mass is 9.72. The van der Waals surface area contributed by atoms with E-state index in [2.05, 4.69) is 43.6 Å². The molecule has 1 aromatic carbocycles. The van der Waals surface area contributed by atoms with Gasteiger partial charge in [-0.25, -0.2) is 0 Å². The van der Waals surface area contributed by atoms with Crippen molar-refractivity contribution in [3.8, 4) is 0 Å². The van der Waals surface area contributed by atoms with Gasteiger partial charge in [0.2, 0.25) is 0 Å². The SMILES string of the molecule is CCCCN1CCN(c2cc([N+](=O)[O-])ccc2C2=CCC(C(C)(C)C)CC2)CC1. The Kier molecular flexibility index (Phi) is 6.99. The second-order valence-corrected chi connectivity index (χ2v) is 9.71. The van der Waals surface area contributed by atoms with Crippen LogP contribution in [0.4, 0.5) is 11.4 Å². The highest BCUT2D eigenvalue weighted by Crippen LogP contribution is 2.42. The molecule has 1 aliphatic heterocycles. The average molecular weight is 400 g/mol. The first-order chi connectivity index (χ1) is 13.8. The Morgan fingerprint density at radius 2 is 1.90 bits per heavy atom. The molecule has 2 aliphatic rings. The van der Waals surface area contributed by atoms with E-state index < -0.39 is 0 Å². The van der Waals surface area contributed by atoms with Gasteiger partial charge in [0.25, 0.3) is 5.69 Å². The van der Waals surface area contributed by atoms with Gasteiger partial charge in [-0.15, -0.1) is 0 Å². The van der Waals surface area contributed by atoms with Crippen LogP contribution in [0.25, 0.3) is 5.57 Å². The summed E-state index contributed by atoms with van der Waals surface area (Å²) < 4.78 is 0. The zero-order valence-electron chi connectivity index (χ0n) is 18.6. The first-order valence-electron chi connectivity index (χ1n) is 11.2. The third-order valence-electron chi connectivity index (χ3n) is 6.71. The van der Waals surface area contributed by atoms with Gasteiger partial charge in [-0.1, -0.05) is 40.2 Å². The molecule has 0 N–H and O–H groups in total. The second-order valence-electron chi connectivity index (χ2n) is 9.71. The Bertz CT molecular complexity index is 743. The van der Waals surface area contributed by atoms with Crippen molar-refractivity contribution in [2.75, 3.05) is 37.6 Å². The molecule has 1 unspecified atom stereocenters. The molecule has 29 heavy (non-hydrogen) atoms. The third kappa shape index (κ3) is 5.39. The molecule has 0 saturated carbocycles. The Morgan fingerprint density at radius 1 is 1.17 bits per heavy atom. The molecule has 1 fully saturated rings. The van der Waals surface area contributed by atoms with E-state index in [4.69, 9.17) is 0 Å². The molecular weight excluding hydrogens is 362 g/mol. The fourth-order valence-electron chi connectivity index (χ4n) is 4.63. The van der Waals surface area contributed by atoms with E-state index in [0.717, 1.165) is 51.3 Å². The van der Waals surface area contributed by atoms with Gasteiger partial charge in [-0.2, -0.15) is 0 Å². The minimum Gasteiger partial charge on any atom is -0.368 e. The second kappa shape index (κ2) is 9.29. The van der Waals surface area contributed by atoms with Gasteiger partial charge in [-0.3, -0.25) is 15.0 Å². The predicted molar refractivity (Wildman–Crippen MR) is 121 cm³/mol. The summed E-state index contributed by atoms with van der Waals surface area (Å²) >= 11 is 0. The van der Waals surface area contributed by atoms with Crippen LogP contribution in [0, 0.1) is 21.4 Å². The largest absolute Gasteiger partial charge is 0.368 e. The van der Waals surface area contributed by atoms with E-state index in [9.17, 15) is 10.1 Å². The zero-order valence-corrected chi connectivity index (χ0v) is 18.6. The molecule has 0 aromatic heterocycles. The van der Waals surface area contributed by atoms with Crippen LogP contribution in [-0.4, -0.2) is 42.5 Å². The van der Waals surface area contributed by atoms with Gasteiger partial charge < -0.3 is 4.90 Å². The molecule has 1 atom stereocenters. The summed E-state index contributed by atoms with van der Waals surface area (Å²) in [6, 6.07) is 5.46. The van der Waals surface area contributed by atoms with Crippen molar-refractivity contribution in [1.82, 2.24) is 4.90 Å². The molecule has 5 nitrogen and oxygen atoms in total. The number of piperazine rings is 1. The van der Waals surface area contributed by atoms with Crippen LogP contribution in [0.5, 0.6) is 0 Å². The summed E-state index contributed by atoms with van der Waals surface area (Å²) in [6.45, 7) is 14.3. The van der Waals surface area contributed by atoms with Gasteiger partial charge in [0.1, 0.15) is 0 Å². The number of rotatable bonds is 6. The zero-order chi connectivity index (χ0) is 21.0. The Balaban J connectivity index is 1.82. The van der Waals surface area contributed by atoms with Crippen molar-refractivity contribution in [3.63, 3.8) is 0 Å². The normalized spacial score (nSPS) is 21.2. The molecule has 1 aromatic rings. The number of hydrogen-bond donors (Lipinski definition) is 0. The third-order valence-corrected chi connectivity index (χ3v) is 6.71. The van der Waals surface area contributed by atoms with Crippen molar-refractivity contribution in [1.29, 1.82) is 0 Å². The van der Waals surface area contributed by atoms with E-state index >= 15 is 0 Å². The van der Waals surface area contributed by atoms with Crippen molar-refractivity contribution in [3.05, 3.63) is 40.0 Å². The lowest BCUT2D eigenvalue weighted by Crippen LogP contribution is -2.46. The van der Waals surface area contributed by atoms with Crippen LogP contribution >= 0.6 is 0 Å². The standard InChI is InChI=1S/C24H37N3O2/c1-5-6-13-25-14-16-26(17-15-25)23-18-21(27(28)29)11-12-22(23)19-7-9-20(10-8-19)24(2,3)4/h7,11-12,18,20H,5-6,8-10,13-17H2,1-4H3. The number of non-ortho nitro benzene ring substituents is 1. The summed E-state index contributed by atoms with van der Waals surface area (Å²) in [5, 5.41) is 11.4. The van der Waals surface area contributed by atoms with Crippen LogP contribution in [-0.2, 0) is 0 Å². The van der Waals surface area contributed by atoms with E-state index in [1.807, 2.05) is 6.07 Å². The number of nitro groups is 1. The Morgan fingerprint density at radius 3 is 2.45 bits per heavy atom. The first-order valence-corrected chi connectivity index (χ1v) is 11.2. The monoisotopic (exact) mass is 399 g/mol. The van der Waals surface area contributed by atoms with Crippen LogP contribution in [0.3, 0.4) is 0 Å². The van der Waals surface area contributed by atoms with Gasteiger partial charge in [-0.05, 0) is 55.2 Å². The number of nitro benzene ring substituents is 1. The van der Waals surface area contributed by atoms with Gasteiger partial charge in [0.15, 0.2) is 0 Å². The minimum atomic E-state index is -0.268. The van der Waals surface area contributed by atoms with Gasteiger partial charge >= 0.3 is 0 Å². The quantitative estimate of drug-likeness (QED) is 0.452. The maximum Gasteiger partial charge on any atom is 0.271 e. The highest BCUT2D eigenvalue weighted by molar-refractivity contribution is 5.79. The van der Waals surface area contributed by atoms with Crippen LogP contribution in [0.2, 0.25) is 0 Å². The van der Waals surface area contributed by atoms with Crippen molar-refractivity contribution < 1.29 is 4.92 Å². The number of anilines is 1. The highest BCUT2D eigenvalue weighted by Gasteiger charge is 2.28. The Labute approximate surface area is 175 Å². The fraction of sp³-hybridized carbons (Fsp3) is 0.667. The lowest BCUT2D eigenvalue weighted by molar-refractivity contribution is -0.384. The summed E-state index contributed by atoms with van der Waals surface area (Å²) in [5.41, 5.74) is 4.14. The number of hydrogen-bond acceptors (Lipinski definition) is 4. The van der Waals surface area contributed by atoms with Crippen LogP contribution in [0.15, 0.2) is 24.3 Å². The van der Waals surface area contributed by atoms with Gasteiger partial charge in [0.05, 0.1) is 10.6 Å². The summed E-state index contributed by atoms with van der Waals surface area (Å²) in [6.07, 6.45) is 8.20. The molecule has 5 heteroatoms. The molecule has 3 rings (SSSR count). The van der Waals surface area contributed by atoms with Crippen LogP contribution < -0.4 is 4.90 Å². The maximum atomic E-state index is 11.4. The summed E-state index contributed by atoms with van der Waals surface area (Å²) in [7, 11) is 0. The molecule has 1 aliphatic carbocycles. The van der Waals surface area contributed by atoms with Gasteiger partial charge in [0, 0.05) is 43.9 Å².